The van der Waals surface area contributed by atoms with E-state index in [9.17, 15) is 33.1 Å². The number of aliphatic carboxylic acids is 1. The van der Waals surface area contributed by atoms with Crippen LogP contribution in [0.4, 0.5) is 0 Å². The van der Waals surface area contributed by atoms with Crippen molar-refractivity contribution in [3.8, 4) is 0 Å². The molecule has 0 saturated heterocycles. The third-order valence-electron chi connectivity index (χ3n) is 39.9. The van der Waals surface area contributed by atoms with Gasteiger partial charge in [0.2, 0.25) is 0 Å². The quantitative estimate of drug-likeness (QED) is 0.0199. The van der Waals surface area contributed by atoms with Crippen LogP contribution < -0.4 is 65.1 Å². The standard InChI is InChI=1S/C37H72N4O5S.C37H72N4.C34H64N4O3/c1-26(2)34(46-47(43,44)45)13-10-27(3)30-11-12-31-35-32(15-17-37(30,31)5)36(4)16-14-29(24-28(36)25-33(35)42)41-23-9-22-40-20-7-6-19-39-21-8-18-38;1-28(2)11-8-12-29(3)33-15-16-34-32-14-13-30-27-31(17-19-36(30,4)35(32)18-20-37(33,34)5)41-26-10-25-40-23-7-6-22-39-24-9-21-38;1-24(8-11-31(40)41)27-9-10-28-32-29(13-15-34(27,28)3)33(2)14-12-26(22-25(33)23-30(32)39)38-21-7-20-37-18-5-4-17-36-19-6-16-35/h26-35,39-42H,6-25,38H2,1-5H3,(H,43,44,45);28-35,39-41H,6-27,38H2,1-5H3;24-30,32,36-39H,4-23,35H2,1-3H3,(H,40,41)/t27?,28-,29+,30-,31?,32?,33-,34-,35?,36+,37-;29?,30-,31-,32?,33+,34?,35?,36-,37+;24?,25-,26-,27+,28?,29?,30+,32?,33-,34+/m100/s1. The van der Waals surface area contributed by atoms with Crippen LogP contribution in [0.15, 0.2) is 0 Å². The molecule has 12 unspecified atom stereocenters. The van der Waals surface area contributed by atoms with Gasteiger partial charge in [0.25, 0.3) is 0 Å². The number of hydrogen-bond donors (Lipinski definition) is 16. The van der Waals surface area contributed by atoms with E-state index in [1.165, 1.54) is 212 Å². The number of hydrogen-bond acceptors (Lipinski definition) is 18. The van der Waals surface area contributed by atoms with E-state index in [0.29, 0.717) is 111 Å². The molecule has 754 valence electrons. The zero-order valence-electron chi connectivity index (χ0n) is 85.4. The molecule has 12 saturated carbocycles. The van der Waals surface area contributed by atoms with Crippen LogP contribution in [0.1, 0.15) is 373 Å². The maximum absolute atomic E-state index is 11.8. The van der Waals surface area contributed by atoms with Crippen molar-refractivity contribution in [2.45, 2.75) is 409 Å². The van der Waals surface area contributed by atoms with Gasteiger partial charge in [-0.2, -0.15) is 8.42 Å². The smallest absolute Gasteiger partial charge is 0.397 e. The Kier molecular flexibility index (Phi) is 45.5. The molecule has 12 aliphatic carbocycles. The Labute approximate surface area is 791 Å². The van der Waals surface area contributed by atoms with E-state index >= 15 is 0 Å². The third-order valence-corrected chi connectivity index (χ3v) is 40.4. The Hall–Kier alpha value is -1.22. The Bertz CT molecular complexity index is 3260. The number of rotatable bonds is 55. The van der Waals surface area contributed by atoms with Crippen LogP contribution in [0.5, 0.6) is 0 Å². The molecule has 0 aromatic heterocycles. The van der Waals surface area contributed by atoms with Crippen molar-refractivity contribution < 1.29 is 37.3 Å². The predicted molar refractivity (Wildman–Crippen MR) is 537 cm³/mol. The van der Waals surface area contributed by atoms with Crippen molar-refractivity contribution in [3.63, 3.8) is 0 Å². The molecule has 12 aliphatic rings. The number of carboxylic acid groups (broad SMARTS) is 1. The van der Waals surface area contributed by atoms with Gasteiger partial charge in [0.1, 0.15) is 0 Å². The third kappa shape index (κ3) is 29.7. The van der Waals surface area contributed by atoms with Crippen LogP contribution in [-0.4, -0.2) is 189 Å². The molecular weight excluding hydrogens is 1630 g/mol. The second-order valence-electron chi connectivity index (χ2n) is 48.4. The molecule has 0 spiro atoms. The van der Waals surface area contributed by atoms with Crippen LogP contribution in [0.25, 0.3) is 0 Å². The van der Waals surface area contributed by atoms with Gasteiger partial charge in [0.15, 0.2) is 0 Å². The molecule has 0 aromatic carbocycles. The fraction of sp³-hybridized carbons (Fsp3) is 0.991. The lowest BCUT2D eigenvalue weighted by Gasteiger charge is -2.62. The number of carbonyl (C=O) groups is 1. The van der Waals surface area contributed by atoms with Gasteiger partial charge >= 0.3 is 16.4 Å². The first-order chi connectivity index (χ1) is 61.8. The van der Waals surface area contributed by atoms with Crippen molar-refractivity contribution in [3.05, 3.63) is 0 Å². The molecule has 30 atom stereocenters. The highest BCUT2D eigenvalue weighted by atomic mass is 32.3. The van der Waals surface area contributed by atoms with E-state index in [0.717, 1.165) is 210 Å². The van der Waals surface area contributed by atoms with E-state index in [-0.39, 0.29) is 35.4 Å². The number of aliphatic hydroxyl groups excluding tert-OH is 2. The van der Waals surface area contributed by atoms with E-state index in [1.807, 2.05) is 13.8 Å². The molecule has 0 aliphatic heterocycles. The summed E-state index contributed by atoms with van der Waals surface area (Å²) < 4.78 is 37.2. The molecule has 0 bridgehead atoms. The first-order valence-electron chi connectivity index (χ1n) is 55.6. The van der Waals surface area contributed by atoms with Gasteiger partial charge in [-0.25, -0.2) is 4.18 Å². The zero-order chi connectivity index (χ0) is 93.0. The zero-order valence-corrected chi connectivity index (χ0v) is 86.2. The lowest BCUT2D eigenvalue weighted by atomic mass is 9.43. The maximum atomic E-state index is 11.8. The summed E-state index contributed by atoms with van der Waals surface area (Å²) in [5, 5.41) is 65.8. The van der Waals surface area contributed by atoms with Gasteiger partial charge in [-0.1, -0.05) is 109 Å². The molecule has 12 rings (SSSR count). The molecule has 0 amide bonds. The molecule has 12 fully saturated rings. The summed E-state index contributed by atoms with van der Waals surface area (Å²) >= 11 is 0. The van der Waals surface area contributed by atoms with Gasteiger partial charge in [0, 0.05) is 24.5 Å². The summed E-state index contributed by atoms with van der Waals surface area (Å²) in [6.07, 6.45) is 53.0. The normalized spacial score (nSPS) is 37.8. The molecule has 20 nitrogen and oxygen atoms in total. The molecule has 21 heteroatoms. The van der Waals surface area contributed by atoms with Crippen LogP contribution in [0.2, 0.25) is 0 Å². The minimum Gasteiger partial charge on any atom is -0.481 e. The largest absolute Gasteiger partial charge is 0.481 e. The van der Waals surface area contributed by atoms with Gasteiger partial charge < -0.3 is 80.4 Å². The van der Waals surface area contributed by atoms with E-state index in [2.05, 4.69) is 124 Å². The topological polar surface area (TPSA) is 328 Å². The van der Waals surface area contributed by atoms with Gasteiger partial charge in [-0.3, -0.25) is 9.35 Å². The van der Waals surface area contributed by atoms with Crippen molar-refractivity contribution in [1.29, 1.82) is 0 Å². The molecule has 0 aromatic rings. The first kappa shape index (κ1) is 110. The number of unbranched alkanes of at least 4 members (excludes halogenated alkanes) is 3. The Balaban J connectivity index is 0.000000202. The fourth-order valence-electron chi connectivity index (χ4n) is 32.6. The van der Waals surface area contributed by atoms with E-state index in [1.54, 1.807) is 12.8 Å². The number of carboxylic acids is 1. The number of nitrogens with one attached hydrogen (secondary N) is 9. The summed E-state index contributed by atoms with van der Waals surface area (Å²) in [5.74, 6) is 12.7. The van der Waals surface area contributed by atoms with Crippen molar-refractivity contribution in [1.82, 2.24) is 47.9 Å². The van der Waals surface area contributed by atoms with Gasteiger partial charge in [-0.15, -0.1) is 0 Å². The van der Waals surface area contributed by atoms with Crippen LogP contribution in [0.3, 0.4) is 0 Å². The summed E-state index contributed by atoms with van der Waals surface area (Å²) in [6, 6.07) is 1.93. The summed E-state index contributed by atoms with van der Waals surface area (Å²) in [4.78, 5) is 11.2. The van der Waals surface area contributed by atoms with E-state index < -0.39 is 22.5 Å². The van der Waals surface area contributed by atoms with Crippen LogP contribution in [-0.2, 0) is 19.4 Å². The molecule has 0 radical (unpaired) electrons. The molecule has 0 heterocycles. The number of aliphatic hydroxyl groups is 2. The van der Waals surface area contributed by atoms with Gasteiger partial charge in [-0.05, 0) is 525 Å². The average molecular weight is 1830 g/mol. The summed E-state index contributed by atoms with van der Waals surface area (Å²) in [7, 11) is -4.46. The molecular formula is C108H208N12O8S. The van der Waals surface area contributed by atoms with E-state index in [4.69, 9.17) is 21.4 Å². The SMILES string of the molecule is CC(C)CCCC(C)[C@H]1CCC2C3CC[C@H]4C[C@@H](NCCCNCCCCNCCCN)CC[C@]4(C)C3CC[C@@]21C.CC(CCC(=O)O)[C@H]1CCC2C3C(CC[C@@]21C)[C@@]1(C)CC[C@H](NCCCNCCCCNCCCN)C[C@H]1C[C@H]3O.CC(CC[C@@H](OS(=O)(=O)O)C(C)C)[C@H]1CCC2C3C(CC[C@@]21C)[C@@]1(C)CC[C@H](NCCCNCCCCNCCCN)C[C@@H]1C[C@H]3O. The number of nitrogens with two attached hydrogens (primary N) is 3. The number of fused-ring (bicyclic) bond motifs is 15. The van der Waals surface area contributed by atoms with Crippen LogP contribution >= 0.6 is 0 Å². The summed E-state index contributed by atoms with van der Waals surface area (Å²) in [6.45, 7) is 50.4. The second-order valence-corrected chi connectivity index (χ2v) is 49.4. The average Bonchev–Trinajstić information content (AvgIpc) is 1.62. The lowest BCUT2D eigenvalue weighted by molar-refractivity contribution is -0.167. The maximum Gasteiger partial charge on any atom is 0.397 e. The highest BCUT2D eigenvalue weighted by molar-refractivity contribution is 7.80. The minimum absolute atomic E-state index is 0.0137. The molecule has 129 heavy (non-hydrogen) atoms. The predicted octanol–water partition coefficient (Wildman–Crippen LogP) is 18.1. The summed E-state index contributed by atoms with van der Waals surface area (Å²) in [5.41, 5.74) is 19.0. The lowest BCUT2D eigenvalue weighted by Crippen LogP contribution is -2.59. The highest BCUT2D eigenvalue weighted by Crippen LogP contribution is 2.72. The minimum atomic E-state index is -4.46. The van der Waals surface area contributed by atoms with Crippen molar-refractivity contribution >= 4 is 16.4 Å². The highest BCUT2D eigenvalue weighted by Gasteiger charge is 2.66. The van der Waals surface area contributed by atoms with Gasteiger partial charge in [0.05, 0.1) is 18.3 Å². The fourth-order valence-corrected chi connectivity index (χ4v) is 33.2. The Morgan fingerprint density at radius 1 is 0.357 bits per heavy atom. The van der Waals surface area contributed by atoms with Crippen molar-refractivity contribution in [2.24, 2.45) is 168 Å². The Morgan fingerprint density at radius 3 is 1.06 bits per heavy atom. The van der Waals surface area contributed by atoms with Crippen molar-refractivity contribution in [2.75, 3.05) is 118 Å². The Morgan fingerprint density at radius 2 is 0.682 bits per heavy atom. The second kappa shape index (κ2) is 53.4. The monoisotopic (exact) mass is 1830 g/mol. The first-order valence-corrected chi connectivity index (χ1v) is 56.9. The van der Waals surface area contributed by atoms with Crippen LogP contribution in [0, 0.1) is 151 Å². The molecule has 19 N–H and O–H groups in total.